The number of fused-ring (bicyclic) bond motifs is 1. The molecule has 25 heavy (non-hydrogen) atoms. The second-order valence-electron chi connectivity index (χ2n) is 6.40. The van der Waals surface area contributed by atoms with Gasteiger partial charge in [0.2, 0.25) is 0 Å². The third-order valence-corrected chi connectivity index (χ3v) is 4.63. The number of benzene rings is 1. The summed E-state index contributed by atoms with van der Waals surface area (Å²) < 4.78 is 0. The number of aromatic nitrogens is 2. The molecule has 2 aromatic heterocycles. The lowest BCUT2D eigenvalue weighted by Crippen LogP contribution is -2.22. The van der Waals surface area contributed by atoms with Crippen LogP contribution < -0.4 is 5.73 Å². The minimum Gasteiger partial charge on any atom is -0.398 e. The normalized spacial score (nSPS) is 11.0. The summed E-state index contributed by atoms with van der Waals surface area (Å²) >= 11 is 0. The summed E-state index contributed by atoms with van der Waals surface area (Å²) in [5.41, 5.74) is 12.5. The van der Waals surface area contributed by atoms with Crippen LogP contribution in [0, 0.1) is 0 Å². The maximum absolute atomic E-state index is 12.4. The highest BCUT2D eigenvalue weighted by atomic mass is 16.2. The Labute approximate surface area is 147 Å². The number of anilines is 1. The van der Waals surface area contributed by atoms with Gasteiger partial charge < -0.3 is 15.6 Å². The fraction of sp³-hybridized carbons (Fsp3) is 0.300. The van der Waals surface area contributed by atoms with E-state index in [4.69, 9.17) is 5.73 Å². The second kappa shape index (κ2) is 6.59. The molecule has 0 aliphatic carbocycles. The van der Waals surface area contributed by atoms with Crippen molar-refractivity contribution < 1.29 is 4.79 Å². The second-order valence-corrected chi connectivity index (χ2v) is 6.40. The first kappa shape index (κ1) is 17.0. The molecule has 0 radical (unpaired) electrons. The Morgan fingerprint density at radius 1 is 1.24 bits per heavy atom. The molecule has 0 fully saturated rings. The molecule has 5 nitrogen and oxygen atoms in total. The first-order valence-corrected chi connectivity index (χ1v) is 8.57. The summed E-state index contributed by atoms with van der Waals surface area (Å²) in [5.74, 6) is -0.0951. The number of nitrogens with zero attached hydrogens (tertiary/aromatic N) is 2. The molecule has 0 saturated carbocycles. The highest BCUT2D eigenvalue weighted by Crippen LogP contribution is 2.33. The Morgan fingerprint density at radius 3 is 2.64 bits per heavy atom. The van der Waals surface area contributed by atoms with Crippen LogP contribution in [0.25, 0.3) is 22.2 Å². The van der Waals surface area contributed by atoms with E-state index in [-0.39, 0.29) is 5.91 Å². The molecular weight excluding hydrogens is 312 g/mol. The van der Waals surface area contributed by atoms with Gasteiger partial charge >= 0.3 is 0 Å². The Kier molecular flexibility index (Phi) is 4.49. The maximum atomic E-state index is 12.4. The molecule has 0 bridgehead atoms. The monoisotopic (exact) mass is 336 g/mol. The van der Waals surface area contributed by atoms with Gasteiger partial charge in [-0.2, -0.15) is 0 Å². The van der Waals surface area contributed by atoms with Gasteiger partial charge in [-0.1, -0.05) is 19.9 Å². The number of hydrogen-bond acceptors (Lipinski definition) is 3. The molecule has 1 aromatic carbocycles. The smallest absolute Gasteiger partial charge is 0.255 e. The van der Waals surface area contributed by atoms with Crippen LogP contribution in [0.3, 0.4) is 0 Å². The largest absolute Gasteiger partial charge is 0.398 e. The number of H-pyrrole nitrogens is 1. The van der Waals surface area contributed by atoms with E-state index in [2.05, 4.69) is 23.8 Å². The molecule has 130 valence electrons. The lowest BCUT2D eigenvalue weighted by atomic mass is 9.94. The topological polar surface area (TPSA) is 75.0 Å². The summed E-state index contributed by atoms with van der Waals surface area (Å²) in [5, 5.41) is 1.19. The summed E-state index contributed by atoms with van der Waals surface area (Å²) in [6.45, 7) is 4.29. The van der Waals surface area contributed by atoms with Crippen LogP contribution in [-0.4, -0.2) is 34.9 Å². The van der Waals surface area contributed by atoms with E-state index in [0.717, 1.165) is 29.6 Å². The van der Waals surface area contributed by atoms with Crippen molar-refractivity contribution in [1.82, 2.24) is 14.9 Å². The number of carbonyl (C=O) groups excluding carboxylic acids is 1. The lowest BCUT2D eigenvalue weighted by Gasteiger charge is -2.15. The van der Waals surface area contributed by atoms with Gasteiger partial charge in [-0.3, -0.25) is 4.79 Å². The van der Waals surface area contributed by atoms with Gasteiger partial charge in [-0.15, -0.1) is 0 Å². The number of aromatic amines is 1. The zero-order chi connectivity index (χ0) is 18.1. The zero-order valence-electron chi connectivity index (χ0n) is 15.2. The number of carbonyl (C=O) groups is 1. The van der Waals surface area contributed by atoms with Gasteiger partial charge in [0.1, 0.15) is 5.65 Å². The number of aryl methyl sites for hydroxylation is 2. The SMILES string of the molecule is CCc1c[nH]c2ncc(-c3ccc(N)c(C(=O)N(C)C)c3)c(CC)c12. The number of pyridine rings is 1. The molecule has 3 aromatic rings. The molecule has 0 atom stereocenters. The Balaban J connectivity index is 2.23. The molecule has 3 N–H and O–H groups in total. The number of nitrogen functional groups attached to an aromatic ring is 1. The molecule has 0 unspecified atom stereocenters. The molecule has 0 saturated heterocycles. The van der Waals surface area contributed by atoms with Gasteiger partial charge in [0.25, 0.3) is 5.91 Å². The Hall–Kier alpha value is -2.82. The van der Waals surface area contributed by atoms with Crippen LogP contribution in [0.4, 0.5) is 5.69 Å². The van der Waals surface area contributed by atoms with Gasteiger partial charge in [0, 0.05) is 43.1 Å². The first-order valence-electron chi connectivity index (χ1n) is 8.57. The predicted molar refractivity (Wildman–Crippen MR) is 103 cm³/mol. The predicted octanol–water partition coefficient (Wildman–Crippen LogP) is 3.64. The molecule has 0 spiro atoms. The van der Waals surface area contributed by atoms with E-state index in [9.17, 15) is 4.79 Å². The molecule has 0 aliphatic rings. The zero-order valence-corrected chi connectivity index (χ0v) is 15.2. The molecular formula is C20H24N4O. The van der Waals surface area contributed by atoms with Crippen molar-refractivity contribution in [3.8, 4) is 11.1 Å². The average molecular weight is 336 g/mol. The minimum absolute atomic E-state index is 0.0951. The van der Waals surface area contributed by atoms with E-state index >= 15 is 0 Å². The number of nitrogens with one attached hydrogen (secondary N) is 1. The first-order chi connectivity index (χ1) is 12.0. The van der Waals surface area contributed by atoms with Crippen LogP contribution >= 0.6 is 0 Å². The highest BCUT2D eigenvalue weighted by molar-refractivity contribution is 6.00. The number of hydrogen-bond donors (Lipinski definition) is 2. The van der Waals surface area contributed by atoms with Crippen molar-refractivity contribution in [2.75, 3.05) is 19.8 Å². The lowest BCUT2D eigenvalue weighted by molar-refractivity contribution is 0.0828. The quantitative estimate of drug-likeness (QED) is 0.714. The highest BCUT2D eigenvalue weighted by Gasteiger charge is 2.17. The van der Waals surface area contributed by atoms with Crippen LogP contribution in [0.2, 0.25) is 0 Å². The van der Waals surface area contributed by atoms with E-state index < -0.39 is 0 Å². The van der Waals surface area contributed by atoms with Crippen LogP contribution in [0.5, 0.6) is 0 Å². The summed E-state index contributed by atoms with van der Waals surface area (Å²) in [4.78, 5) is 21.8. The summed E-state index contributed by atoms with van der Waals surface area (Å²) in [7, 11) is 3.46. The number of nitrogens with two attached hydrogens (primary N) is 1. The van der Waals surface area contributed by atoms with Crippen molar-refractivity contribution in [3.05, 3.63) is 47.3 Å². The van der Waals surface area contributed by atoms with Crippen molar-refractivity contribution in [2.24, 2.45) is 0 Å². The molecule has 5 heteroatoms. The fourth-order valence-corrected chi connectivity index (χ4v) is 3.28. The number of rotatable bonds is 4. The van der Waals surface area contributed by atoms with Crippen molar-refractivity contribution >= 4 is 22.6 Å². The third-order valence-electron chi connectivity index (χ3n) is 4.63. The van der Waals surface area contributed by atoms with E-state index in [1.54, 1.807) is 25.1 Å². The van der Waals surface area contributed by atoms with Crippen LogP contribution in [-0.2, 0) is 12.8 Å². The third kappa shape index (κ3) is 2.86. The van der Waals surface area contributed by atoms with E-state index in [1.807, 2.05) is 24.5 Å². The Bertz CT molecular complexity index is 940. The van der Waals surface area contributed by atoms with Gasteiger partial charge in [-0.05, 0) is 41.7 Å². The van der Waals surface area contributed by atoms with Crippen molar-refractivity contribution in [3.63, 3.8) is 0 Å². The summed E-state index contributed by atoms with van der Waals surface area (Å²) in [6.07, 6.45) is 5.75. The standard InChI is InChI=1S/C20H24N4O/c1-5-12-10-22-19-18(12)14(6-2)16(11-23-19)13-7-8-17(21)15(9-13)20(25)24(3)4/h7-11H,5-6,21H2,1-4H3,(H,22,23). The van der Waals surface area contributed by atoms with Crippen molar-refractivity contribution in [2.45, 2.75) is 26.7 Å². The molecule has 2 heterocycles. The molecule has 1 amide bonds. The Morgan fingerprint density at radius 2 is 2.00 bits per heavy atom. The van der Waals surface area contributed by atoms with Crippen LogP contribution in [0.15, 0.2) is 30.6 Å². The van der Waals surface area contributed by atoms with E-state index in [1.165, 1.54) is 16.5 Å². The van der Waals surface area contributed by atoms with Gasteiger partial charge in [-0.25, -0.2) is 4.98 Å². The molecule has 0 aliphatic heterocycles. The van der Waals surface area contributed by atoms with Crippen LogP contribution in [0.1, 0.15) is 35.3 Å². The minimum atomic E-state index is -0.0951. The fourth-order valence-electron chi connectivity index (χ4n) is 3.28. The molecule has 3 rings (SSSR count). The summed E-state index contributed by atoms with van der Waals surface area (Å²) in [6, 6.07) is 5.63. The van der Waals surface area contributed by atoms with E-state index in [0.29, 0.717) is 11.3 Å². The van der Waals surface area contributed by atoms with Gasteiger partial charge in [0.15, 0.2) is 0 Å². The van der Waals surface area contributed by atoms with Crippen molar-refractivity contribution in [1.29, 1.82) is 0 Å². The maximum Gasteiger partial charge on any atom is 0.255 e. The number of amides is 1. The van der Waals surface area contributed by atoms with Gasteiger partial charge in [0.05, 0.1) is 5.56 Å². The average Bonchev–Trinajstić information content (AvgIpc) is 3.04.